The fourth-order valence-corrected chi connectivity index (χ4v) is 3.85. The van der Waals surface area contributed by atoms with Crippen LogP contribution >= 0.6 is 0 Å². The van der Waals surface area contributed by atoms with Crippen molar-refractivity contribution >= 4 is 11.8 Å². The summed E-state index contributed by atoms with van der Waals surface area (Å²) in [4.78, 5) is 26.8. The maximum Gasteiger partial charge on any atom is 0.289 e. The molecular formula is C19H28N2O3. The molecule has 2 heterocycles. The summed E-state index contributed by atoms with van der Waals surface area (Å²) in [6.07, 6.45) is 11.7. The second-order valence-corrected chi connectivity index (χ2v) is 7.12. The van der Waals surface area contributed by atoms with Crippen molar-refractivity contribution in [3.05, 3.63) is 24.2 Å². The summed E-state index contributed by atoms with van der Waals surface area (Å²) in [5.74, 6) is 0.278. The first-order valence-corrected chi connectivity index (χ1v) is 9.37. The second-order valence-electron chi connectivity index (χ2n) is 7.12. The Labute approximate surface area is 143 Å². The molecule has 1 saturated carbocycles. The van der Waals surface area contributed by atoms with Gasteiger partial charge in [0.05, 0.1) is 12.2 Å². The highest BCUT2D eigenvalue weighted by molar-refractivity contribution is 5.92. The maximum atomic E-state index is 12.6. The Morgan fingerprint density at radius 3 is 2.50 bits per heavy atom. The zero-order valence-corrected chi connectivity index (χ0v) is 14.3. The number of nitrogens with one attached hydrogen (secondary N) is 1. The molecule has 0 spiro atoms. The van der Waals surface area contributed by atoms with Gasteiger partial charge in [-0.05, 0) is 37.8 Å². The maximum absolute atomic E-state index is 12.6. The van der Waals surface area contributed by atoms with Gasteiger partial charge in [-0.25, -0.2) is 0 Å². The summed E-state index contributed by atoms with van der Waals surface area (Å²) in [5, 5.41) is 3.25. The van der Waals surface area contributed by atoms with Gasteiger partial charge in [-0.2, -0.15) is 0 Å². The lowest BCUT2D eigenvalue weighted by atomic mass is 9.94. The zero-order chi connectivity index (χ0) is 16.8. The average Bonchev–Trinajstić information content (AvgIpc) is 3.11. The topological polar surface area (TPSA) is 62.6 Å². The SMILES string of the molecule is O=C(NC1CCCCCCC1)C1CCCN(C(=O)c2ccco2)C1. The third kappa shape index (κ3) is 4.40. The number of amides is 2. The van der Waals surface area contributed by atoms with Crippen LogP contribution in [0, 0.1) is 5.92 Å². The fraction of sp³-hybridized carbons (Fsp3) is 0.684. The van der Waals surface area contributed by atoms with Gasteiger partial charge in [0.1, 0.15) is 0 Å². The molecule has 1 aromatic rings. The van der Waals surface area contributed by atoms with Gasteiger partial charge in [0.15, 0.2) is 5.76 Å². The summed E-state index contributed by atoms with van der Waals surface area (Å²) in [7, 11) is 0. The van der Waals surface area contributed by atoms with E-state index in [1.165, 1.54) is 38.4 Å². The predicted molar refractivity (Wildman–Crippen MR) is 91.6 cm³/mol. The number of carbonyl (C=O) groups is 2. The molecule has 1 aliphatic carbocycles. The number of rotatable bonds is 3. The van der Waals surface area contributed by atoms with E-state index < -0.39 is 0 Å². The number of carbonyl (C=O) groups excluding carboxylic acids is 2. The lowest BCUT2D eigenvalue weighted by molar-refractivity contribution is -0.127. The monoisotopic (exact) mass is 332 g/mol. The second kappa shape index (κ2) is 8.36. The molecule has 1 saturated heterocycles. The Morgan fingerprint density at radius 1 is 1.04 bits per heavy atom. The van der Waals surface area contributed by atoms with Crippen molar-refractivity contribution in [2.24, 2.45) is 5.92 Å². The van der Waals surface area contributed by atoms with Crippen molar-refractivity contribution in [3.8, 4) is 0 Å². The first kappa shape index (κ1) is 17.1. The van der Waals surface area contributed by atoms with E-state index in [1.54, 1.807) is 17.0 Å². The molecule has 5 heteroatoms. The van der Waals surface area contributed by atoms with E-state index in [1.807, 2.05) is 0 Å². The Morgan fingerprint density at radius 2 is 1.79 bits per heavy atom. The molecule has 1 N–H and O–H groups in total. The third-order valence-corrected chi connectivity index (χ3v) is 5.26. The molecule has 1 unspecified atom stereocenters. The minimum Gasteiger partial charge on any atom is -0.459 e. The number of likely N-dealkylation sites (tertiary alicyclic amines) is 1. The summed E-state index contributed by atoms with van der Waals surface area (Å²) in [6, 6.07) is 3.71. The normalized spacial score (nSPS) is 23.3. The standard InChI is InChI=1S/C19H28N2O3/c22-18(20-16-9-4-2-1-3-5-10-16)15-8-6-12-21(14-15)19(23)17-11-7-13-24-17/h7,11,13,15-16H,1-6,8-10,12,14H2,(H,20,22). The minimum absolute atomic E-state index is 0.0943. The molecule has 2 aliphatic rings. The first-order valence-electron chi connectivity index (χ1n) is 9.37. The Bertz CT molecular complexity index is 533. The summed E-state index contributed by atoms with van der Waals surface area (Å²) in [6.45, 7) is 1.20. The Hall–Kier alpha value is -1.78. The van der Waals surface area contributed by atoms with E-state index in [0.717, 1.165) is 25.7 Å². The van der Waals surface area contributed by atoms with Crippen LogP contribution in [0.1, 0.15) is 68.3 Å². The first-order chi connectivity index (χ1) is 11.7. The number of hydrogen-bond donors (Lipinski definition) is 1. The lowest BCUT2D eigenvalue weighted by Crippen LogP contribution is -2.47. The minimum atomic E-state index is -0.108. The van der Waals surface area contributed by atoms with E-state index in [0.29, 0.717) is 24.9 Å². The zero-order valence-electron chi connectivity index (χ0n) is 14.3. The Balaban J connectivity index is 1.53. The van der Waals surface area contributed by atoms with E-state index in [2.05, 4.69) is 5.32 Å². The van der Waals surface area contributed by atoms with Crippen LogP contribution in [0.15, 0.2) is 22.8 Å². The molecule has 132 valence electrons. The average molecular weight is 332 g/mol. The van der Waals surface area contributed by atoms with Crippen LogP contribution in [0.2, 0.25) is 0 Å². The molecule has 0 radical (unpaired) electrons. The van der Waals surface area contributed by atoms with Gasteiger partial charge in [-0.15, -0.1) is 0 Å². The quantitative estimate of drug-likeness (QED) is 0.923. The van der Waals surface area contributed by atoms with Gasteiger partial charge in [-0.1, -0.05) is 32.1 Å². The summed E-state index contributed by atoms with van der Waals surface area (Å²) < 4.78 is 5.20. The van der Waals surface area contributed by atoms with Crippen LogP contribution < -0.4 is 5.32 Å². The Kier molecular flexibility index (Phi) is 5.94. The van der Waals surface area contributed by atoms with Crippen LogP contribution in [0.25, 0.3) is 0 Å². The van der Waals surface area contributed by atoms with Crippen molar-refractivity contribution in [1.29, 1.82) is 0 Å². The van der Waals surface area contributed by atoms with Crippen LogP contribution in [0.4, 0.5) is 0 Å². The molecular weight excluding hydrogens is 304 g/mol. The molecule has 1 aromatic heterocycles. The van der Waals surface area contributed by atoms with Gasteiger partial charge in [0, 0.05) is 19.1 Å². The number of furan rings is 1. The molecule has 0 aromatic carbocycles. The van der Waals surface area contributed by atoms with Gasteiger partial charge in [0.25, 0.3) is 5.91 Å². The molecule has 24 heavy (non-hydrogen) atoms. The molecule has 0 bridgehead atoms. The number of nitrogens with zero attached hydrogens (tertiary/aromatic N) is 1. The molecule has 2 fully saturated rings. The van der Waals surface area contributed by atoms with Crippen LogP contribution in [0.3, 0.4) is 0 Å². The summed E-state index contributed by atoms with van der Waals surface area (Å²) in [5.41, 5.74) is 0. The van der Waals surface area contributed by atoms with Crippen LogP contribution in [-0.4, -0.2) is 35.8 Å². The smallest absolute Gasteiger partial charge is 0.289 e. The van der Waals surface area contributed by atoms with Crippen molar-refractivity contribution in [2.45, 2.75) is 63.8 Å². The molecule has 3 rings (SSSR count). The highest BCUT2D eigenvalue weighted by Gasteiger charge is 2.30. The van der Waals surface area contributed by atoms with E-state index in [-0.39, 0.29) is 17.7 Å². The summed E-state index contributed by atoms with van der Waals surface area (Å²) >= 11 is 0. The van der Waals surface area contributed by atoms with E-state index in [9.17, 15) is 9.59 Å². The fourth-order valence-electron chi connectivity index (χ4n) is 3.85. The van der Waals surface area contributed by atoms with E-state index in [4.69, 9.17) is 4.42 Å². The number of piperidine rings is 1. The molecule has 1 aliphatic heterocycles. The lowest BCUT2D eigenvalue weighted by Gasteiger charge is -2.32. The highest BCUT2D eigenvalue weighted by atomic mass is 16.3. The van der Waals surface area contributed by atoms with Crippen molar-refractivity contribution in [1.82, 2.24) is 10.2 Å². The third-order valence-electron chi connectivity index (χ3n) is 5.26. The van der Waals surface area contributed by atoms with Crippen LogP contribution in [-0.2, 0) is 4.79 Å². The largest absolute Gasteiger partial charge is 0.459 e. The van der Waals surface area contributed by atoms with Gasteiger partial charge >= 0.3 is 0 Å². The van der Waals surface area contributed by atoms with Gasteiger partial charge < -0.3 is 14.6 Å². The predicted octanol–water partition coefficient (Wildman–Crippen LogP) is 3.36. The van der Waals surface area contributed by atoms with Crippen LogP contribution in [0.5, 0.6) is 0 Å². The molecule has 2 amide bonds. The van der Waals surface area contributed by atoms with Crippen molar-refractivity contribution < 1.29 is 14.0 Å². The van der Waals surface area contributed by atoms with E-state index >= 15 is 0 Å². The molecule has 5 nitrogen and oxygen atoms in total. The number of hydrogen-bond acceptors (Lipinski definition) is 3. The molecule has 1 atom stereocenters. The van der Waals surface area contributed by atoms with Crippen molar-refractivity contribution in [2.75, 3.05) is 13.1 Å². The van der Waals surface area contributed by atoms with Gasteiger partial charge in [-0.3, -0.25) is 9.59 Å². The van der Waals surface area contributed by atoms with Crippen molar-refractivity contribution in [3.63, 3.8) is 0 Å². The highest BCUT2D eigenvalue weighted by Crippen LogP contribution is 2.21. The van der Waals surface area contributed by atoms with Gasteiger partial charge in [0.2, 0.25) is 5.91 Å².